The first kappa shape index (κ1) is 23.7. The molecule has 0 spiro atoms. The molecule has 0 aliphatic heterocycles. The highest BCUT2D eigenvalue weighted by Gasteiger charge is 2.29. The smallest absolute Gasteiger partial charge is 0.416 e. The molecule has 0 aliphatic carbocycles. The van der Waals surface area contributed by atoms with Crippen molar-refractivity contribution in [3.8, 4) is 11.5 Å². The van der Waals surface area contributed by atoms with Crippen molar-refractivity contribution in [1.29, 1.82) is 5.41 Å². The average Bonchev–Trinajstić information content (AvgIpc) is 2.70. The summed E-state index contributed by atoms with van der Waals surface area (Å²) in [5, 5.41) is 20.9. The molecule has 166 valence electrons. The number of anilines is 1. The average molecular weight is 437 g/mol. The van der Waals surface area contributed by atoms with Crippen molar-refractivity contribution < 1.29 is 32.5 Å². The van der Waals surface area contributed by atoms with Crippen LogP contribution < -0.4 is 14.9 Å². The van der Waals surface area contributed by atoms with Gasteiger partial charge < -0.3 is 14.6 Å². The minimum atomic E-state index is -4.41. The second-order valence-corrected chi connectivity index (χ2v) is 6.67. The minimum absolute atomic E-state index is 0.0725. The lowest BCUT2D eigenvalue weighted by molar-refractivity contribution is -0.139. The van der Waals surface area contributed by atoms with Gasteiger partial charge in [0, 0.05) is 0 Å². The van der Waals surface area contributed by atoms with E-state index in [1.54, 1.807) is 39.0 Å². The number of nitrogens with zero attached hydrogens (tertiary/aromatic N) is 1. The molecule has 0 radical (unpaired) electrons. The number of aliphatic carboxylic acids is 1. The first-order valence-corrected chi connectivity index (χ1v) is 9.15. The SMILES string of the molecule is C/C(=N/Nc1ccc(C(F)(F)F)cc1)C(=N)C(C)Oc1ccc(OCC(=O)O)c(C)c1. The number of benzene rings is 2. The summed E-state index contributed by atoms with van der Waals surface area (Å²) in [5.74, 6) is -0.210. The molecule has 0 heterocycles. The number of hydrogen-bond acceptors (Lipinski definition) is 6. The van der Waals surface area contributed by atoms with Crippen molar-refractivity contribution >= 4 is 23.1 Å². The molecule has 0 amide bonds. The molecule has 0 saturated heterocycles. The topological polar surface area (TPSA) is 104 Å². The minimum Gasteiger partial charge on any atom is -0.484 e. The maximum atomic E-state index is 12.6. The van der Waals surface area contributed by atoms with Crippen molar-refractivity contribution in [3.63, 3.8) is 0 Å². The fourth-order valence-electron chi connectivity index (χ4n) is 2.50. The second-order valence-electron chi connectivity index (χ2n) is 6.67. The maximum Gasteiger partial charge on any atom is 0.416 e. The van der Waals surface area contributed by atoms with Crippen LogP contribution in [0.15, 0.2) is 47.6 Å². The number of alkyl halides is 3. The molecule has 31 heavy (non-hydrogen) atoms. The standard InChI is InChI=1S/C21H22F3N3O4/c1-12-10-17(8-9-18(12)30-11-19(28)29)31-14(3)20(25)13(2)26-27-16-6-4-15(5-7-16)21(22,23)24/h4-10,14,25,27H,11H2,1-3H3,(H,28,29)/b25-20?,26-13-. The van der Waals surface area contributed by atoms with Crippen LogP contribution in [-0.2, 0) is 11.0 Å². The fraction of sp³-hybridized carbons (Fsp3) is 0.286. The highest BCUT2D eigenvalue weighted by Crippen LogP contribution is 2.29. The van der Waals surface area contributed by atoms with Gasteiger partial charge in [0.25, 0.3) is 0 Å². The highest BCUT2D eigenvalue weighted by molar-refractivity contribution is 6.41. The normalized spacial score (nSPS) is 12.8. The van der Waals surface area contributed by atoms with Crippen LogP contribution in [0.5, 0.6) is 11.5 Å². The molecular weight excluding hydrogens is 415 g/mol. The fourth-order valence-corrected chi connectivity index (χ4v) is 2.50. The zero-order chi connectivity index (χ0) is 23.2. The molecule has 2 rings (SSSR count). The Hall–Kier alpha value is -3.56. The summed E-state index contributed by atoms with van der Waals surface area (Å²) in [5.41, 5.74) is 3.25. The van der Waals surface area contributed by atoms with Crippen LogP contribution >= 0.6 is 0 Å². The van der Waals surface area contributed by atoms with Crippen molar-refractivity contribution in [2.75, 3.05) is 12.0 Å². The number of hydrazone groups is 1. The molecule has 10 heteroatoms. The van der Waals surface area contributed by atoms with Crippen LogP contribution in [0.1, 0.15) is 25.0 Å². The maximum absolute atomic E-state index is 12.6. The molecule has 0 fully saturated rings. The number of rotatable bonds is 9. The zero-order valence-electron chi connectivity index (χ0n) is 17.1. The largest absolute Gasteiger partial charge is 0.484 e. The van der Waals surface area contributed by atoms with Gasteiger partial charge in [0.2, 0.25) is 0 Å². The Kier molecular flexibility index (Phi) is 7.62. The summed E-state index contributed by atoms with van der Waals surface area (Å²) in [6.07, 6.45) is -5.07. The third-order valence-corrected chi connectivity index (χ3v) is 4.17. The van der Waals surface area contributed by atoms with Crippen molar-refractivity contribution in [1.82, 2.24) is 0 Å². The third kappa shape index (κ3) is 7.02. The number of aryl methyl sites for hydroxylation is 1. The van der Waals surface area contributed by atoms with E-state index in [0.717, 1.165) is 12.1 Å². The molecule has 0 saturated carbocycles. The van der Waals surface area contributed by atoms with Gasteiger partial charge >= 0.3 is 12.1 Å². The molecule has 7 nitrogen and oxygen atoms in total. The third-order valence-electron chi connectivity index (χ3n) is 4.17. The van der Waals surface area contributed by atoms with E-state index in [9.17, 15) is 18.0 Å². The van der Waals surface area contributed by atoms with Gasteiger partial charge in [-0.05, 0) is 68.8 Å². The lowest BCUT2D eigenvalue weighted by atomic mass is 10.1. The summed E-state index contributed by atoms with van der Waals surface area (Å²) in [4.78, 5) is 10.6. The van der Waals surface area contributed by atoms with Crippen molar-refractivity contribution in [2.45, 2.75) is 33.1 Å². The number of nitrogens with one attached hydrogen (secondary N) is 2. The van der Waals surface area contributed by atoms with Gasteiger partial charge in [0.15, 0.2) is 6.61 Å². The Morgan fingerprint density at radius 1 is 1.23 bits per heavy atom. The summed E-state index contributed by atoms with van der Waals surface area (Å²) in [6.45, 7) is 4.52. The molecule has 1 atom stereocenters. The Bertz CT molecular complexity index is 973. The highest BCUT2D eigenvalue weighted by atomic mass is 19.4. The summed E-state index contributed by atoms with van der Waals surface area (Å²) in [6, 6.07) is 9.22. The molecule has 0 aliphatic rings. The van der Waals surface area contributed by atoms with Crippen LogP contribution in [0, 0.1) is 12.3 Å². The van der Waals surface area contributed by atoms with Gasteiger partial charge in [0.1, 0.15) is 17.6 Å². The van der Waals surface area contributed by atoms with Gasteiger partial charge in [-0.2, -0.15) is 18.3 Å². The lowest BCUT2D eigenvalue weighted by Crippen LogP contribution is -2.29. The van der Waals surface area contributed by atoms with E-state index in [4.69, 9.17) is 20.0 Å². The molecule has 2 aromatic carbocycles. The van der Waals surface area contributed by atoms with Crippen LogP contribution in [0.2, 0.25) is 0 Å². The summed E-state index contributed by atoms with van der Waals surface area (Å²) >= 11 is 0. The summed E-state index contributed by atoms with van der Waals surface area (Å²) in [7, 11) is 0. The van der Waals surface area contributed by atoms with Crippen LogP contribution in [0.3, 0.4) is 0 Å². The quantitative estimate of drug-likeness (QED) is 0.388. The monoisotopic (exact) mass is 437 g/mol. The molecule has 0 aromatic heterocycles. The van der Waals surface area contributed by atoms with Gasteiger partial charge in [-0.25, -0.2) is 4.79 Å². The Morgan fingerprint density at radius 2 is 1.87 bits per heavy atom. The number of ether oxygens (including phenoxy) is 2. The van der Waals surface area contributed by atoms with Crippen LogP contribution in [-0.4, -0.2) is 35.2 Å². The Morgan fingerprint density at radius 3 is 2.42 bits per heavy atom. The predicted octanol–water partition coefficient (Wildman–Crippen LogP) is 4.75. The predicted molar refractivity (Wildman–Crippen MR) is 110 cm³/mol. The van der Waals surface area contributed by atoms with E-state index in [2.05, 4.69) is 10.5 Å². The Labute approximate surface area is 177 Å². The number of hydrogen-bond donors (Lipinski definition) is 3. The Balaban J connectivity index is 1.97. The van der Waals surface area contributed by atoms with Crippen LogP contribution in [0.4, 0.5) is 18.9 Å². The van der Waals surface area contributed by atoms with Crippen molar-refractivity contribution in [2.24, 2.45) is 5.10 Å². The first-order chi connectivity index (χ1) is 14.5. The molecular formula is C21H22F3N3O4. The van der Waals surface area contributed by atoms with Crippen LogP contribution in [0.25, 0.3) is 0 Å². The molecule has 3 N–H and O–H groups in total. The zero-order valence-corrected chi connectivity index (χ0v) is 17.1. The van der Waals surface area contributed by atoms with Gasteiger partial charge in [-0.1, -0.05) is 0 Å². The van der Waals surface area contributed by atoms with Crippen molar-refractivity contribution in [3.05, 3.63) is 53.6 Å². The van der Waals surface area contributed by atoms with E-state index >= 15 is 0 Å². The van der Waals surface area contributed by atoms with E-state index in [0.29, 0.717) is 28.5 Å². The number of carboxylic acids is 1. The van der Waals surface area contributed by atoms with E-state index < -0.39 is 30.4 Å². The number of carboxylic acid groups (broad SMARTS) is 1. The van der Waals surface area contributed by atoms with Gasteiger partial charge in [-0.3, -0.25) is 10.8 Å². The van der Waals surface area contributed by atoms with Gasteiger partial charge in [-0.15, -0.1) is 0 Å². The van der Waals surface area contributed by atoms with E-state index in [1.807, 2.05) is 0 Å². The molecule has 0 bridgehead atoms. The van der Waals surface area contributed by atoms with Gasteiger partial charge in [0.05, 0.1) is 22.7 Å². The second kappa shape index (κ2) is 9.96. The molecule has 2 aromatic rings. The number of carbonyl (C=O) groups is 1. The number of halogens is 3. The summed E-state index contributed by atoms with van der Waals surface area (Å²) < 4.78 is 48.7. The van der Waals surface area contributed by atoms with E-state index in [1.165, 1.54) is 12.1 Å². The lowest BCUT2D eigenvalue weighted by Gasteiger charge is -2.17. The molecule has 1 unspecified atom stereocenters. The van der Waals surface area contributed by atoms with E-state index in [-0.39, 0.29) is 5.71 Å². The first-order valence-electron chi connectivity index (χ1n) is 9.15.